The zero-order valence-electron chi connectivity index (χ0n) is 30.9. The fourth-order valence-electron chi connectivity index (χ4n) is 9.60. The Bertz CT molecular complexity index is 3110. The lowest BCUT2D eigenvalue weighted by Gasteiger charge is -2.30. The summed E-state index contributed by atoms with van der Waals surface area (Å²) in [6, 6.07) is 72.2. The van der Waals surface area contributed by atoms with Crippen molar-refractivity contribution in [2.45, 2.75) is 5.41 Å². The van der Waals surface area contributed by atoms with Crippen LogP contribution in [0.4, 0.5) is 0 Å². The summed E-state index contributed by atoms with van der Waals surface area (Å²) in [6.45, 7) is 0. The number of hydrogen-bond donors (Lipinski definition) is 0. The largest absolute Gasteiger partial charge is 0.208 e. The van der Waals surface area contributed by atoms with Gasteiger partial charge >= 0.3 is 0 Å². The number of nitrogens with zero attached hydrogens (tertiary/aromatic N) is 3. The molecule has 1 spiro atoms. The molecule has 0 saturated heterocycles. The minimum absolute atomic E-state index is 0.377. The van der Waals surface area contributed by atoms with Gasteiger partial charge in [-0.3, -0.25) is 0 Å². The molecular weight excluding hydrogens is 691 g/mol. The Hall–Kier alpha value is -7.49. The van der Waals surface area contributed by atoms with Crippen molar-refractivity contribution in [2.75, 3.05) is 0 Å². The van der Waals surface area contributed by atoms with Gasteiger partial charge in [-0.1, -0.05) is 188 Å². The summed E-state index contributed by atoms with van der Waals surface area (Å²) in [4.78, 5) is 15.3. The molecule has 0 N–H and O–H groups in total. The van der Waals surface area contributed by atoms with Crippen molar-refractivity contribution in [3.63, 3.8) is 0 Å². The zero-order chi connectivity index (χ0) is 37.5. The molecule has 0 amide bonds. The Morgan fingerprint density at radius 3 is 1.21 bits per heavy atom. The van der Waals surface area contributed by atoms with Crippen LogP contribution in [0.5, 0.6) is 0 Å². The van der Waals surface area contributed by atoms with Gasteiger partial charge < -0.3 is 0 Å². The number of fused-ring (bicyclic) bond motifs is 12. The van der Waals surface area contributed by atoms with Crippen molar-refractivity contribution in [1.29, 1.82) is 0 Å². The van der Waals surface area contributed by atoms with Crippen molar-refractivity contribution in [1.82, 2.24) is 15.0 Å². The van der Waals surface area contributed by atoms with Crippen LogP contribution in [0.3, 0.4) is 0 Å². The molecule has 12 rings (SSSR count). The van der Waals surface area contributed by atoms with E-state index in [1.165, 1.54) is 60.8 Å². The Kier molecular flexibility index (Phi) is 6.84. The predicted molar refractivity (Wildman–Crippen MR) is 233 cm³/mol. The molecule has 264 valence electrons. The summed E-state index contributed by atoms with van der Waals surface area (Å²) in [5.41, 5.74) is 15.4. The van der Waals surface area contributed by atoms with Crippen LogP contribution < -0.4 is 0 Å². The Morgan fingerprint density at radius 1 is 0.263 bits per heavy atom. The summed E-state index contributed by atoms with van der Waals surface area (Å²) in [5.74, 6) is 1.94. The average molecular weight is 724 g/mol. The molecule has 9 aromatic carbocycles. The first kappa shape index (κ1) is 31.8. The van der Waals surface area contributed by atoms with Crippen LogP contribution in [0.25, 0.3) is 89.1 Å². The van der Waals surface area contributed by atoms with Gasteiger partial charge in [-0.25, -0.2) is 15.0 Å². The number of aromatic nitrogens is 3. The van der Waals surface area contributed by atoms with Gasteiger partial charge in [0.25, 0.3) is 0 Å². The average Bonchev–Trinajstić information content (AvgIpc) is 3.76. The Morgan fingerprint density at radius 2 is 0.649 bits per heavy atom. The third-order valence-corrected chi connectivity index (χ3v) is 12.1. The standard InChI is InChI=1S/C54H33N3/c1-3-14-38-32-40(30-24-34(38)12-1)52-55-51(56-53(57-52)41-31-25-35-13-2-4-15-39(35)33-41)37-28-26-36(27-29-37)42-19-11-23-49-50(42)45-18-7-10-22-48(45)54(49)46-20-8-5-16-43(46)44-17-6-9-21-47(44)54/h1-33H. The molecule has 3 heteroatoms. The molecular formula is C54H33N3. The van der Waals surface area contributed by atoms with Crippen molar-refractivity contribution < 1.29 is 0 Å². The van der Waals surface area contributed by atoms with Gasteiger partial charge in [0, 0.05) is 16.7 Å². The highest BCUT2D eigenvalue weighted by Gasteiger charge is 2.51. The maximum absolute atomic E-state index is 5.13. The first-order valence-electron chi connectivity index (χ1n) is 19.5. The van der Waals surface area contributed by atoms with Gasteiger partial charge in [-0.2, -0.15) is 0 Å². The van der Waals surface area contributed by atoms with Crippen molar-refractivity contribution >= 4 is 21.5 Å². The van der Waals surface area contributed by atoms with E-state index in [0.717, 1.165) is 33.0 Å². The molecule has 0 radical (unpaired) electrons. The second kappa shape index (κ2) is 12.3. The maximum atomic E-state index is 5.13. The molecule has 0 atom stereocenters. The summed E-state index contributed by atoms with van der Waals surface area (Å²) < 4.78 is 0. The van der Waals surface area contributed by atoms with Crippen LogP contribution in [0.15, 0.2) is 200 Å². The van der Waals surface area contributed by atoms with E-state index in [-0.39, 0.29) is 5.41 Å². The molecule has 10 aromatic rings. The second-order valence-electron chi connectivity index (χ2n) is 15.1. The maximum Gasteiger partial charge on any atom is 0.164 e. The highest BCUT2D eigenvalue weighted by molar-refractivity contribution is 6.00. The molecule has 1 aromatic heterocycles. The third-order valence-electron chi connectivity index (χ3n) is 12.1. The first-order chi connectivity index (χ1) is 28.2. The number of hydrogen-bond acceptors (Lipinski definition) is 3. The normalized spacial score (nSPS) is 13.1. The quantitative estimate of drug-likeness (QED) is 0.181. The van der Waals surface area contributed by atoms with E-state index in [1.807, 2.05) is 0 Å². The fourth-order valence-corrected chi connectivity index (χ4v) is 9.60. The predicted octanol–water partition coefficient (Wildman–Crippen LogP) is 13.2. The molecule has 0 unspecified atom stereocenters. The number of rotatable bonds is 4. The van der Waals surface area contributed by atoms with Crippen LogP contribution in [-0.2, 0) is 5.41 Å². The highest BCUT2D eigenvalue weighted by Crippen LogP contribution is 2.63. The summed E-state index contributed by atoms with van der Waals surface area (Å²) in [7, 11) is 0. The van der Waals surface area contributed by atoms with Gasteiger partial charge in [0.2, 0.25) is 0 Å². The summed E-state index contributed by atoms with van der Waals surface area (Å²) >= 11 is 0. The van der Waals surface area contributed by atoms with Crippen LogP contribution in [0, 0.1) is 0 Å². The lowest BCUT2D eigenvalue weighted by atomic mass is 9.70. The van der Waals surface area contributed by atoms with Gasteiger partial charge in [0.1, 0.15) is 0 Å². The van der Waals surface area contributed by atoms with E-state index in [1.54, 1.807) is 0 Å². The fraction of sp³-hybridized carbons (Fsp3) is 0.0185. The third kappa shape index (κ3) is 4.69. The zero-order valence-corrected chi connectivity index (χ0v) is 30.9. The number of benzene rings is 9. The van der Waals surface area contributed by atoms with E-state index in [0.29, 0.717) is 17.5 Å². The molecule has 3 nitrogen and oxygen atoms in total. The molecule has 2 aliphatic rings. The SMILES string of the molecule is c1ccc2c(c1)-c1ccccc1C21c2ccccc2-c2c(-c3ccc(-c4nc(-c5ccc6ccccc6c5)nc(-c5ccc6ccccc6c5)n4)cc3)cccc21. The Labute approximate surface area is 330 Å². The van der Waals surface area contributed by atoms with E-state index >= 15 is 0 Å². The van der Waals surface area contributed by atoms with Crippen molar-refractivity contribution in [3.05, 3.63) is 222 Å². The smallest absolute Gasteiger partial charge is 0.164 e. The van der Waals surface area contributed by atoms with E-state index < -0.39 is 0 Å². The van der Waals surface area contributed by atoms with Gasteiger partial charge in [0.15, 0.2) is 17.5 Å². The van der Waals surface area contributed by atoms with Gasteiger partial charge in [-0.15, -0.1) is 0 Å². The molecule has 0 bridgehead atoms. The topological polar surface area (TPSA) is 38.7 Å². The lowest BCUT2D eigenvalue weighted by Crippen LogP contribution is -2.25. The minimum atomic E-state index is -0.377. The molecule has 2 aliphatic carbocycles. The highest BCUT2D eigenvalue weighted by atomic mass is 15.0. The second-order valence-corrected chi connectivity index (χ2v) is 15.1. The summed E-state index contributed by atoms with van der Waals surface area (Å²) in [5, 5.41) is 4.67. The van der Waals surface area contributed by atoms with Crippen molar-refractivity contribution in [2.24, 2.45) is 0 Å². The van der Waals surface area contributed by atoms with Gasteiger partial charge in [0.05, 0.1) is 5.41 Å². The molecule has 57 heavy (non-hydrogen) atoms. The van der Waals surface area contributed by atoms with E-state index in [4.69, 9.17) is 15.0 Å². The van der Waals surface area contributed by atoms with Crippen LogP contribution in [0.2, 0.25) is 0 Å². The van der Waals surface area contributed by atoms with Crippen molar-refractivity contribution in [3.8, 4) is 67.5 Å². The monoisotopic (exact) mass is 723 g/mol. The van der Waals surface area contributed by atoms with Gasteiger partial charge in [-0.05, 0) is 89.3 Å². The molecule has 0 fully saturated rings. The van der Waals surface area contributed by atoms with Crippen LogP contribution in [0.1, 0.15) is 22.3 Å². The Balaban J connectivity index is 1.01. The van der Waals surface area contributed by atoms with E-state index in [9.17, 15) is 0 Å². The lowest BCUT2D eigenvalue weighted by molar-refractivity contribution is 0.794. The molecule has 0 saturated carbocycles. The van der Waals surface area contributed by atoms with Crippen LogP contribution >= 0.6 is 0 Å². The first-order valence-corrected chi connectivity index (χ1v) is 19.5. The minimum Gasteiger partial charge on any atom is -0.208 e. The molecule has 0 aliphatic heterocycles. The summed E-state index contributed by atoms with van der Waals surface area (Å²) in [6.07, 6.45) is 0. The molecule has 1 heterocycles. The van der Waals surface area contributed by atoms with E-state index in [2.05, 4.69) is 200 Å². The van der Waals surface area contributed by atoms with Crippen LogP contribution in [-0.4, -0.2) is 15.0 Å².